The number of amides is 2. The molecule has 0 radical (unpaired) electrons. The van der Waals surface area contributed by atoms with E-state index in [2.05, 4.69) is 0 Å². The number of hydrogen-bond acceptors (Lipinski definition) is 5. The maximum Gasteiger partial charge on any atom is 0.416 e. The number of anilines is 1. The molecule has 1 saturated heterocycles. The Bertz CT molecular complexity index is 1630. The van der Waals surface area contributed by atoms with Gasteiger partial charge in [-0.25, -0.2) is 4.79 Å². The van der Waals surface area contributed by atoms with Crippen molar-refractivity contribution < 1.29 is 32.3 Å². The largest absolute Gasteiger partial charge is 0.463 e. The number of alkyl halides is 3. The van der Waals surface area contributed by atoms with Gasteiger partial charge in [0.15, 0.2) is 0 Å². The SMILES string of the molecule is CCOC(=O)C1=C(C)N(Cc2cccc(C(=O)N3CCN(c4cccc(C(F)(F)F)c4)CC3)c2)C(=O)CC1c1cccc(Cl)c1. The number of rotatable bonds is 7. The molecule has 1 fully saturated rings. The maximum atomic E-state index is 13.5. The zero-order chi connectivity index (χ0) is 32.3. The zero-order valence-electron chi connectivity index (χ0n) is 24.9. The molecule has 3 aromatic rings. The standard InChI is InChI=1S/C34H33ClF3N3O4/c1-3-45-33(44)31-22(2)41(30(42)20-29(31)24-8-5-11-27(35)18-24)21-23-7-4-9-25(17-23)32(43)40-15-13-39(14-16-40)28-12-6-10-26(19-28)34(36,37)38/h4-12,17-19,29H,3,13-16,20-21H2,1-2H3. The predicted molar refractivity (Wildman–Crippen MR) is 165 cm³/mol. The number of halogens is 4. The minimum Gasteiger partial charge on any atom is -0.463 e. The van der Waals surface area contributed by atoms with Crippen molar-refractivity contribution in [3.63, 3.8) is 0 Å². The van der Waals surface area contributed by atoms with E-state index in [1.165, 1.54) is 6.07 Å². The van der Waals surface area contributed by atoms with Gasteiger partial charge in [-0.3, -0.25) is 9.59 Å². The molecule has 1 unspecified atom stereocenters. The maximum absolute atomic E-state index is 13.5. The van der Waals surface area contributed by atoms with Gasteiger partial charge in [-0.2, -0.15) is 13.2 Å². The van der Waals surface area contributed by atoms with E-state index in [1.54, 1.807) is 66.1 Å². The van der Waals surface area contributed by atoms with Crippen LogP contribution in [-0.4, -0.2) is 60.4 Å². The van der Waals surface area contributed by atoms with Gasteiger partial charge in [-0.05, 0) is 67.4 Å². The third-order valence-corrected chi connectivity index (χ3v) is 8.42. The molecule has 45 heavy (non-hydrogen) atoms. The van der Waals surface area contributed by atoms with Gasteiger partial charge in [-0.15, -0.1) is 0 Å². The molecule has 2 heterocycles. The molecule has 0 N–H and O–H groups in total. The van der Waals surface area contributed by atoms with Gasteiger partial charge in [0.25, 0.3) is 5.91 Å². The van der Waals surface area contributed by atoms with E-state index < -0.39 is 23.6 Å². The average molecular weight is 640 g/mol. The third-order valence-electron chi connectivity index (χ3n) is 8.19. The highest BCUT2D eigenvalue weighted by Crippen LogP contribution is 2.38. The third kappa shape index (κ3) is 7.17. The Balaban J connectivity index is 1.31. The van der Waals surface area contributed by atoms with Crippen molar-refractivity contribution >= 4 is 35.1 Å². The van der Waals surface area contributed by atoms with Crippen molar-refractivity contribution in [2.75, 3.05) is 37.7 Å². The summed E-state index contributed by atoms with van der Waals surface area (Å²) in [4.78, 5) is 45.1. The number of carbonyl (C=O) groups excluding carboxylic acids is 3. The second kappa shape index (κ2) is 13.4. The lowest BCUT2D eigenvalue weighted by Gasteiger charge is -2.36. The zero-order valence-corrected chi connectivity index (χ0v) is 25.7. The van der Waals surface area contributed by atoms with E-state index >= 15 is 0 Å². The number of benzene rings is 3. The van der Waals surface area contributed by atoms with Crippen molar-refractivity contribution in [1.82, 2.24) is 9.80 Å². The number of nitrogens with zero attached hydrogens (tertiary/aromatic N) is 3. The normalized spacial score (nSPS) is 17.5. The van der Waals surface area contributed by atoms with Gasteiger partial charge in [0.05, 0.1) is 24.3 Å². The molecule has 0 bridgehead atoms. The Morgan fingerprint density at radius 3 is 2.36 bits per heavy atom. The smallest absolute Gasteiger partial charge is 0.416 e. The summed E-state index contributed by atoms with van der Waals surface area (Å²) < 4.78 is 44.9. The van der Waals surface area contributed by atoms with E-state index in [1.807, 2.05) is 17.0 Å². The highest BCUT2D eigenvalue weighted by atomic mass is 35.5. The van der Waals surface area contributed by atoms with Crippen LogP contribution < -0.4 is 4.90 Å². The molecule has 2 aliphatic rings. The predicted octanol–water partition coefficient (Wildman–Crippen LogP) is 6.67. The van der Waals surface area contributed by atoms with E-state index in [0.29, 0.717) is 59.3 Å². The summed E-state index contributed by atoms with van der Waals surface area (Å²) in [6, 6.07) is 19.3. The van der Waals surface area contributed by atoms with E-state index in [-0.39, 0.29) is 31.4 Å². The van der Waals surface area contributed by atoms with Gasteiger partial charge in [0.1, 0.15) is 0 Å². The highest BCUT2D eigenvalue weighted by Gasteiger charge is 2.37. The molecule has 0 saturated carbocycles. The number of allylic oxidation sites excluding steroid dienone is 1. The lowest BCUT2D eigenvalue weighted by atomic mass is 9.83. The molecule has 3 aromatic carbocycles. The second-order valence-electron chi connectivity index (χ2n) is 11.0. The summed E-state index contributed by atoms with van der Waals surface area (Å²) in [6.07, 6.45) is -4.37. The summed E-state index contributed by atoms with van der Waals surface area (Å²) in [6.45, 7) is 5.26. The fourth-order valence-electron chi connectivity index (χ4n) is 5.90. The molecule has 0 spiro atoms. The summed E-state index contributed by atoms with van der Waals surface area (Å²) in [5, 5.41) is 0.502. The van der Waals surface area contributed by atoms with E-state index in [9.17, 15) is 27.6 Å². The summed E-state index contributed by atoms with van der Waals surface area (Å²) >= 11 is 6.22. The van der Waals surface area contributed by atoms with Gasteiger partial charge >= 0.3 is 12.1 Å². The van der Waals surface area contributed by atoms with Gasteiger partial charge in [0.2, 0.25) is 5.91 Å². The van der Waals surface area contributed by atoms with Crippen molar-refractivity contribution in [3.8, 4) is 0 Å². The first-order valence-corrected chi connectivity index (χ1v) is 15.1. The lowest BCUT2D eigenvalue weighted by Crippen LogP contribution is -2.48. The second-order valence-corrected chi connectivity index (χ2v) is 11.5. The molecule has 2 amide bonds. The minimum absolute atomic E-state index is 0.0562. The van der Waals surface area contributed by atoms with Crippen LogP contribution in [0.1, 0.15) is 53.2 Å². The summed E-state index contributed by atoms with van der Waals surface area (Å²) in [7, 11) is 0. The molecule has 5 rings (SSSR count). The van der Waals surface area contributed by atoms with E-state index in [0.717, 1.165) is 17.7 Å². The van der Waals surface area contributed by atoms with Gasteiger partial charge < -0.3 is 19.4 Å². The number of hydrogen-bond donors (Lipinski definition) is 0. The fraction of sp³-hybridized carbons (Fsp3) is 0.324. The first-order chi connectivity index (χ1) is 21.5. The number of ether oxygens (including phenoxy) is 1. The molecular weight excluding hydrogens is 607 g/mol. The number of piperazine rings is 1. The van der Waals surface area contributed by atoms with Gasteiger partial charge in [-0.1, -0.05) is 41.9 Å². The molecule has 2 aliphatic heterocycles. The highest BCUT2D eigenvalue weighted by molar-refractivity contribution is 6.30. The topological polar surface area (TPSA) is 70.2 Å². The van der Waals surface area contributed by atoms with Gasteiger partial charge in [0, 0.05) is 60.5 Å². The van der Waals surface area contributed by atoms with Crippen LogP contribution in [0.2, 0.25) is 5.02 Å². The Morgan fingerprint density at radius 1 is 0.956 bits per heavy atom. The van der Waals surface area contributed by atoms with E-state index in [4.69, 9.17) is 16.3 Å². The Hall–Kier alpha value is -4.31. The van der Waals surface area contributed by atoms with Crippen LogP contribution in [0.5, 0.6) is 0 Å². The summed E-state index contributed by atoms with van der Waals surface area (Å²) in [5.41, 5.74) is 2.53. The first kappa shape index (κ1) is 32.1. The van der Waals surface area contributed by atoms with Crippen LogP contribution >= 0.6 is 11.6 Å². The van der Waals surface area contributed by atoms with Crippen LogP contribution in [0.3, 0.4) is 0 Å². The molecule has 0 aromatic heterocycles. The van der Waals surface area contributed by atoms with Crippen LogP contribution in [0.4, 0.5) is 18.9 Å². The van der Waals surface area contributed by atoms with Crippen molar-refractivity contribution in [2.24, 2.45) is 0 Å². The molecule has 11 heteroatoms. The number of esters is 1. The molecule has 7 nitrogen and oxygen atoms in total. The van der Waals surface area contributed by atoms with Crippen LogP contribution in [-0.2, 0) is 27.0 Å². The number of carbonyl (C=O) groups is 3. The van der Waals surface area contributed by atoms with Crippen molar-refractivity contribution in [1.29, 1.82) is 0 Å². The minimum atomic E-state index is -4.43. The first-order valence-electron chi connectivity index (χ1n) is 14.7. The Labute approximate surface area is 264 Å². The quantitative estimate of drug-likeness (QED) is 0.270. The van der Waals surface area contributed by atoms with Crippen LogP contribution in [0.25, 0.3) is 0 Å². The molecule has 0 aliphatic carbocycles. The summed E-state index contributed by atoms with van der Waals surface area (Å²) in [5.74, 6) is -1.38. The Kier molecular flexibility index (Phi) is 9.53. The molecule has 1 atom stereocenters. The average Bonchev–Trinajstić information content (AvgIpc) is 3.02. The monoisotopic (exact) mass is 639 g/mol. The fourth-order valence-corrected chi connectivity index (χ4v) is 6.10. The van der Waals surface area contributed by atoms with Crippen molar-refractivity contribution in [2.45, 2.75) is 38.9 Å². The molecule has 236 valence electrons. The van der Waals surface area contributed by atoms with Crippen molar-refractivity contribution in [3.05, 3.63) is 111 Å². The van der Waals surface area contributed by atoms with Crippen LogP contribution in [0.15, 0.2) is 84.1 Å². The Morgan fingerprint density at radius 2 is 1.67 bits per heavy atom. The molecular formula is C34H33ClF3N3O4. The lowest BCUT2D eigenvalue weighted by molar-refractivity contribution is -0.140. The van der Waals surface area contributed by atoms with Crippen LogP contribution in [0, 0.1) is 0 Å².